The third-order valence-corrected chi connectivity index (χ3v) is 3.59. The summed E-state index contributed by atoms with van der Waals surface area (Å²) in [6.07, 6.45) is 2.96. The molecule has 0 fully saturated rings. The lowest BCUT2D eigenvalue weighted by Gasteiger charge is -2.16. The summed E-state index contributed by atoms with van der Waals surface area (Å²) in [7, 11) is 0. The number of hydrogen-bond donors (Lipinski definition) is 2. The van der Waals surface area contributed by atoms with Crippen molar-refractivity contribution in [2.75, 3.05) is 0 Å². The zero-order chi connectivity index (χ0) is 12.8. The minimum atomic E-state index is -0.114. The van der Waals surface area contributed by atoms with E-state index in [0.29, 0.717) is 5.56 Å². The Morgan fingerprint density at radius 3 is 2.71 bits per heavy atom. The maximum atomic E-state index is 11.9. The fourth-order valence-electron chi connectivity index (χ4n) is 1.65. The van der Waals surface area contributed by atoms with Crippen LogP contribution in [0.15, 0.2) is 18.2 Å². The van der Waals surface area contributed by atoms with Gasteiger partial charge in [0.05, 0.1) is 3.57 Å². The van der Waals surface area contributed by atoms with E-state index in [0.717, 1.165) is 22.8 Å². The molecule has 0 radical (unpaired) electrons. The number of phenols is 1. The molecule has 4 heteroatoms. The van der Waals surface area contributed by atoms with Gasteiger partial charge in [-0.15, -0.1) is 0 Å². The van der Waals surface area contributed by atoms with Crippen LogP contribution in [0.3, 0.4) is 0 Å². The van der Waals surface area contributed by atoms with Gasteiger partial charge in [-0.1, -0.05) is 20.3 Å². The van der Waals surface area contributed by atoms with Crippen LogP contribution in [0.1, 0.15) is 43.5 Å². The van der Waals surface area contributed by atoms with Gasteiger partial charge in [-0.2, -0.15) is 0 Å². The van der Waals surface area contributed by atoms with Crippen molar-refractivity contribution in [3.63, 3.8) is 0 Å². The highest BCUT2D eigenvalue weighted by Crippen LogP contribution is 2.20. The first-order valence-corrected chi connectivity index (χ1v) is 6.95. The number of hydrogen-bond acceptors (Lipinski definition) is 2. The second-order valence-electron chi connectivity index (χ2n) is 4.03. The number of amides is 1. The molecule has 0 aliphatic rings. The highest BCUT2D eigenvalue weighted by molar-refractivity contribution is 14.1. The van der Waals surface area contributed by atoms with Crippen LogP contribution >= 0.6 is 22.6 Å². The largest absolute Gasteiger partial charge is 0.507 e. The van der Waals surface area contributed by atoms with Crippen LogP contribution < -0.4 is 5.32 Å². The first-order valence-electron chi connectivity index (χ1n) is 5.87. The molecule has 1 amide bonds. The number of phenolic OH excluding ortho intramolecular Hbond substituents is 1. The van der Waals surface area contributed by atoms with Crippen molar-refractivity contribution in [2.24, 2.45) is 0 Å². The molecule has 0 saturated carbocycles. The summed E-state index contributed by atoms with van der Waals surface area (Å²) in [6, 6.07) is 5.20. The minimum Gasteiger partial charge on any atom is -0.507 e. The summed E-state index contributed by atoms with van der Waals surface area (Å²) in [6.45, 7) is 4.16. The van der Waals surface area contributed by atoms with Gasteiger partial charge in [0.1, 0.15) is 5.75 Å². The van der Waals surface area contributed by atoms with Crippen LogP contribution in [0.4, 0.5) is 0 Å². The Morgan fingerprint density at radius 1 is 1.47 bits per heavy atom. The molecule has 1 unspecified atom stereocenters. The van der Waals surface area contributed by atoms with Crippen molar-refractivity contribution in [3.05, 3.63) is 27.3 Å². The maximum Gasteiger partial charge on any atom is 0.251 e. The summed E-state index contributed by atoms with van der Waals surface area (Å²) in [5.74, 6) is 0.0405. The number of carbonyl (C=O) groups excluding carboxylic acids is 1. The average Bonchev–Trinajstić information content (AvgIpc) is 2.31. The Labute approximate surface area is 116 Å². The molecule has 0 aliphatic heterocycles. The molecule has 0 aromatic heterocycles. The topological polar surface area (TPSA) is 49.3 Å². The fraction of sp³-hybridized carbons (Fsp3) is 0.462. The van der Waals surface area contributed by atoms with Crippen LogP contribution in [0.2, 0.25) is 0 Å². The van der Waals surface area contributed by atoms with Gasteiger partial charge in [0.2, 0.25) is 0 Å². The van der Waals surface area contributed by atoms with Gasteiger partial charge in [-0.25, -0.2) is 0 Å². The molecule has 17 heavy (non-hydrogen) atoms. The highest BCUT2D eigenvalue weighted by atomic mass is 127. The lowest BCUT2D eigenvalue weighted by Crippen LogP contribution is -2.34. The highest BCUT2D eigenvalue weighted by Gasteiger charge is 2.12. The average molecular weight is 347 g/mol. The van der Waals surface area contributed by atoms with E-state index in [1.807, 2.05) is 22.6 Å². The van der Waals surface area contributed by atoms with E-state index in [1.54, 1.807) is 12.1 Å². The van der Waals surface area contributed by atoms with Crippen LogP contribution in [-0.4, -0.2) is 17.1 Å². The first kappa shape index (κ1) is 14.3. The lowest BCUT2D eigenvalue weighted by molar-refractivity contribution is 0.0933. The van der Waals surface area contributed by atoms with E-state index >= 15 is 0 Å². The number of benzene rings is 1. The van der Waals surface area contributed by atoms with E-state index in [1.165, 1.54) is 6.07 Å². The van der Waals surface area contributed by atoms with Gasteiger partial charge in [0.15, 0.2) is 0 Å². The normalized spacial score (nSPS) is 12.2. The number of carbonyl (C=O) groups is 1. The molecule has 0 spiro atoms. The molecule has 3 nitrogen and oxygen atoms in total. The van der Waals surface area contributed by atoms with E-state index in [2.05, 4.69) is 19.2 Å². The third kappa shape index (κ3) is 4.18. The summed E-state index contributed by atoms with van der Waals surface area (Å²) < 4.78 is 0.750. The second-order valence-corrected chi connectivity index (χ2v) is 5.20. The summed E-state index contributed by atoms with van der Waals surface area (Å²) in [5, 5.41) is 12.5. The molecule has 0 aliphatic carbocycles. The van der Waals surface area contributed by atoms with Gasteiger partial charge in [0.25, 0.3) is 5.91 Å². The number of rotatable bonds is 5. The molecule has 1 aromatic rings. The number of halogens is 1. The number of nitrogens with one attached hydrogen (secondary N) is 1. The standard InChI is InChI=1S/C13H18INO2/c1-3-5-10(4-2)15-13(17)9-6-7-11(14)12(16)8-9/h6-8,10,16H,3-5H2,1-2H3,(H,15,17). The van der Waals surface area contributed by atoms with Gasteiger partial charge in [0, 0.05) is 11.6 Å². The van der Waals surface area contributed by atoms with Gasteiger partial charge in [-0.05, 0) is 53.6 Å². The molecular formula is C13H18INO2. The van der Waals surface area contributed by atoms with Crippen molar-refractivity contribution >= 4 is 28.5 Å². The molecule has 0 heterocycles. The van der Waals surface area contributed by atoms with Gasteiger partial charge in [-0.3, -0.25) is 4.79 Å². The zero-order valence-electron chi connectivity index (χ0n) is 10.2. The Morgan fingerprint density at radius 2 is 2.18 bits per heavy atom. The Hall–Kier alpha value is -0.780. The van der Waals surface area contributed by atoms with Crippen LogP contribution in [-0.2, 0) is 0 Å². The molecule has 1 atom stereocenters. The van der Waals surface area contributed by atoms with Crippen LogP contribution in [0.5, 0.6) is 5.75 Å². The molecule has 2 N–H and O–H groups in total. The lowest BCUT2D eigenvalue weighted by atomic mass is 10.1. The SMILES string of the molecule is CCCC(CC)NC(=O)c1ccc(I)c(O)c1. The van der Waals surface area contributed by atoms with E-state index in [9.17, 15) is 9.90 Å². The third-order valence-electron chi connectivity index (χ3n) is 2.67. The molecule has 94 valence electrons. The van der Waals surface area contributed by atoms with Crippen molar-refractivity contribution in [1.82, 2.24) is 5.32 Å². The monoisotopic (exact) mass is 347 g/mol. The van der Waals surface area contributed by atoms with Crippen molar-refractivity contribution in [3.8, 4) is 5.75 Å². The van der Waals surface area contributed by atoms with E-state index < -0.39 is 0 Å². The molecule has 0 bridgehead atoms. The zero-order valence-corrected chi connectivity index (χ0v) is 12.3. The molecule has 1 aromatic carbocycles. The summed E-state index contributed by atoms with van der Waals surface area (Å²) in [4.78, 5) is 11.9. The van der Waals surface area contributed by atoms with E-state index in [4.69, 9.17) is 0 Å². The minimum absolute atomic E-state index is 0.114. The fourth-order valence-corrected chi connectivity index (χ4v) is 1.98. The van der Waals surface area contributed by atoms with E-state index in [-0.39, 0.29) is 17.7 Å². The smallest absolute Gasteiger partial charge is 0.251 e. The predicted molar refractivity (Wildman–Crippen MR) is 77.3 cm³/mol. The van der Waals surface area contributed by atoms with Gasteiger partial charge < -0.3 is 10.4 Å². The number of aromatic hydroxyl groups is 1. The van der Waals surface area contributed by atoms with Crippen molar-refractivity contribution in [1.29, 1.82) is 0 Å². The van der Waals surface area contributed by atoms with Gasteiger partial charge >= 0.3 is 0 Å². The molecule has 0 saturated heterocycles. The summed E-state index contributed by atoms with van der Waals surface area (Å²) >= 11 is 2.03. The maximum absolute atomic E-state index is 11.9. The van der Waals surface area contributed by atoms with Crippen LogP contribution in [0.25, 0.3) is 0 Å². The molecular weight excluding hydrogens is 329 g/mol. The first-order chi connectivity index (χ1) is 8.08. The quantitative estimate of drug-likeness (QED) is 0.803. The summed E-state index contributed by atoms with van der Waals surface area (Å²) in [5.41, 5.74) is 0.512. The molecule has 1 rings (SSSR count). The predicted octanol–water partition coefficient (Wildman–Crippen LogP) is 3.31. The van der Waals surface area contributed by atoms with Crippen LogP contribution in [0, 0.1) is 3.57 Å². The Bertz CT molecular complexity index is 393. The second kappa shape index (κ2) is 6.83. The Balaban J connectivity index is 2.72. The Kier molecular flexibility index (Phi) is 5.74. The van der Waals surface area contributed by atoms with Crippen molar-refractivity contribution in [2.45, 2.75) is 39.2 Å². The van der Waals surface area contributed by atoms with Crippen molar-refractivity contribution < 1.29 is 9.90 Å².